The molecule has 0 spiro atoms. The van der Waals surface area contributed by atoms with E-state index in [1.54, 1.807) is 6.33 Å². The molecule has 0 aromatic carbocycles. The van der Waals surface area contributed by atoms with Crippen LogP contribution in [0.25, 0.3) is 0 Å². The summed E-state index contributed by atoms with van der Waals surface area (Å²) in [4.78, 5) is 6.52. The summed E-state index contributed by atoms with van der Waals surface area (Å²) in [5.41, 5.74) is 0. The van der Waals surface area contributed by atoms with Crippen LogP contribution in [-0.4, -0.2) is 43.5 Å². The van der Waals surface area contributed by atoms with Crippen molar-refractivity contribution in [1.29, 1.82) is 0 Å². The van der Waals surface area contributed by atoms with Crippen molar-refractivity contribution in [1.82, 2.24) is 29.8 Å². The van der Waals surface area contributed by atoms with Gasteiger partial charge in [-0.3, -0.25) is 4.90 Å². The quantitative estimate of drug-likeness (QED) is 0.803. The molecular formula is C14H22N6O2. The highest BCUT2D eigenvalue weighted by Gasteiger charge is 2.24. The lowest BCUT2D eigenvalue weighted by atomic mass is 10.2. The van der Waals surface area contributed by atoms with Crippen molar-refractivity contribution >= 4 is 0 Å². The summed E-state index contributed by atoms with van der Waals surface area (Å²) in [5.74, 6) is 2.19. The smallest absolute Gasteiger partial charge is 0.255 e. The van der Waals surface area contributed by atoms with Crippen LogP contribution in [0.3, 0.4) is 0 Å². The minimum atomic E-state index is -0.0319. The fraction of sp³-hybridized carbons (Fsp3) is 0.714. The van der Waals surface area contributed by atoms with Crippen molar-refractivity contribution in [3.05, 3.63) is 23.9 Å². The summed E-state index contributed by atoms with van der Waals surface area (Å²) in [6.07, 6.45) is 3.73. The third kappa shape index (κ3) is 3.33. The van der Waals surface area contributed by atoms with Crippen LogP contribution in [-0.2, 0) is 17.8 Å². The Morgan fingerprint density at radius 2 is 2.27 bits per heavy atom. The normalized spacial score (nSPS) is 18.7. The van der Waals surface area contributed by atoms with Crippen LogP contribution in [0.4, 0.5) is 0 Å². The Kier molecular flexibility index (Phi) is 4.49. The van der Waals surface area contributed by atoms with E-state index in [-0.39, 0.29) is 6.10 Å². The number of hydrogen-bond acceptors (Lipinski definition) is 7. The molecular weight excluding hydrogens is 284 g/mol. The summed E-state index contributed by atoms with van der Waals surface area (Å²) < 4.78 is 12.9. The molecule has 120 valence electrons. The van der Waals surface area contributed by atoms with Crippen LogP contribution < -0.4 is 0 Å². The Bertz CT molecular complexity index is 602. The van der Waals surface area contributed by atoms with Crippen molar-refractivity contribution in [2.45, 2.75) is 51.9 Å². The Balaban J connectivity index is 1.59. The predicted octanol–water partition coefficient (Wildman–Crippen LogP) is 1.73. The SMILES string of the molecule is CC(C)n1cnnc1CN(C)Cc1noc([C@H]2CCCO2)n1. The lowest BCUT2D eigenvalue weighted by Crippen LogP contribution is -2.21. The number of nitrogens with zero attached hydrogens (tertiary/aromatic N) is 6. The average molecular weight is 306 g/mol. The van der Waals surface area contributed by atoms with Gasteiger partial charge in [0.1, 0.15) is 18.3 Å². The van der Waals surface area contributed by atoms with Gasteiger partial charge in [0, 0.05) is 12.6 Å². The van der Waals surface area contributed by atoms with E-state index in [1.807, 2.05) is 7.05 Å². The summed E-state index contributed by atoms with van der Waals surface area (Å²) in [6, 6.07) is 0.342. The standard InChI is InChI=1S/C14H22N6O2/c1-10(2)20-9-15-17-13(20)8-19(3)7-12-16-14(22-18-12)11-5-4-6-21-11/h9-11H,4-8H2,1-3H3/t11-/m1/s1. The minimum Gasteiger partial charge on any atom is -0.368 e. The van der Waals surface area contributed by atoms with Gasteiger partial charge >= 0.3 is 0 Å². The second-order valence-corrected chi connectivity index (χ2v) is 5.97. The molecule has 0 saturated carbocycles. The Morgan fingerprint density at radius 1 is 1.41 bits per heavy atom. The minimum absolute atomic E-state index is 0.0319. The zero-order valence-electron chi connectivity index (χ0n) is 13.3. The molecule has 0 radical (unpaired) electrons. The maximum absolute atomic E-state index is 5.55. The van der Waals surface area contributed by atoms with Gasteiger partial charge in [0.2, 0.25) is 0 Å². The van der Waals surface area contributed by atoms with Gasteiger partial charge in [0.05, 0.1) is 13.1 Å². The van der Waals surface area contributed by atoms with E-state index in [0.717, 1.165) is 25.3 Å². The van der Waals surface area contributed by atoms with Crippen molar-refractivity contribution in [2.75, 3.05) is 13.7 Å². The molecule has 1 aliphatic rings. The van der Waals surface area contributed by atoms with Crippen LogP contribution >= 0.6 is 0 Å². The summed E-state index contributed by atoms with van der Waals surface area (Å²) in [5, 5.41) is 12.2. The fourth-order valence-electron chi connectivity index (χ4n) is 2.58. The van der Waals surface area contributed by atoms with Crippen LogP contribution in [0, 0.1) is 0 Å². The van der Waals surface area contributed by atoms with Crippen LogP contribution in [0.2, 0.25) is 0 Å². The van der Waals surface area contributed by atoms with Gasteiger partial charge in [-0.2, -0.15) is 4.98 Å². The third-order valence-electron chi connectivity index (χ3n) is 3.72. The van der Waals surface area contributed by atoms with E-state index >= 15 is 0 Å². The first-order chi connectivity index (χ1) is 10.6. The van der Waals surface area contributed by atoms with Crippen molar-refractivity contribution in [3.63, 3.8) is 0 Å². The maximum Gasteiger partial charge on any atom is 0.255 e. The number of hydrogen-bond donors (Lipinski definition) is 0. The number of ether oxygens (including phenoxy) is 1. The molecule has 8 heteroatoms. The van der Waals surface area contributed by atoms with E-state index in [4.69, 9.17) is 9.26 Å². The van der Waals surface area contributed by atoms with E-state index < -0.39 is 0 Å². The largest absolute Gasteiger partial charge is 0.368 e. The van der Waals surface area contributed by atoms with Gasteiger partial charge in [0.25, 0.3) is 5.89 Å². The van der Waals surface area contributed by atoms with Crippen molar-refractivity contribution < 1.29 is 9.26 Å². The van der Waals surface area contributed by atoms with E-state index in [2.05, 4.69) is 43.7 Å². The van der Waals surface area contributed by atoms with Crippen LogP contribution in [0.15, 0.2) is 10.9 Å². The number of aromatic nitrogens is 5. The third-order valence-corrected chi connectivity index (χ3v) is 3.72. The van der Waals surface area contributed by atoms with Crippen LogP contribution in [0.5, 0.6) is 0 Å². The zero-order chi connectivity index (χ0) is 15.5. The molecule has 8 nitrogen and oxygen atoms in total. The molecule has 0 amide bonds. The van der Waals surface area contributed by atoms with Crippen LogP contribution in [0.1, 0.15) is 56.4 Å². The highest BCUT2D eigenvalue weighted by Crippen LogP contribution is 2.27. The molecule has 0 bridgehead atoms. The fourth-order valence-corrected chi connectivity index (χ4v) is 2.58. The maximum atomic E-state index is 5.55. The highest BCUT2D eigenvalue weighted by molar-refractivity contribution is 4.93. The second kappa shape index (κ2) is 6.53. The lowest BCUT2D eigenvalue weighted by Gasteiger charge is -2.16. The molecule has 2 aromatic rings. The zero-order valence-corrected chi connectivity index (χ0v) is 13.3. The molecule has 1 fully saturated rings. The van der Waals surface area contributed by atoms with E-state index in [1.165, 1.54) is 0 Å². The highest BCUT2D eigenvalue weighted by atomic mass is 16.5. The van der Waals surface area contributed by atoms with Crippen molar-refractivity contribution in [3.8, 4) is 0 Å². The van der Waals surface area contributed by atoms with Gasteiger partial charge in [-0.05, 0) is 33.7 Å². The Hall–Kier alpha value is -1.80. The molecule has 0 aliphatic carbocycles. The molecule has 3 heterocycles. The second-order valence-electron chi connectivity index (χ2n) is 5.97. The summed E-state index contributed by atoms with van der Waals surface area (Å²) in [6.45, 7) is 6.27. The summed E-state index contributed by atoms with van der Waals surface area (Å²) >= 11 is 0. The predicted molar refractivity (Wildman–Crippen MR) is 77.8 cm³/mol. The molecule has 1 atom stereocenters. The molecule has 1 saturated heterocycles. The molecule has 2 aromatic heterocycles. The average Bonchev–Trinajstić information content (AvgIpc) is 3.18. The molecule has 1 aliphatic heterocycles. The number of rotatable bonds is 6. The molecule has 0 unspecified atom stereocenters. The monoisotopic (exact) mass is 306 g/mol. The van der Waals surface area contributed by atoms with E-state index in [9.17, 15) is 0 Å². The molecule has 0 N–H and O–H groups in total. The topological polar surface area (TPSA) is 82.1 Å². The van der Waals surface area contributed by atoms with Gasteiger partial charge in [-0.25, -0.2) is 0 Å². The first kappa shape index (κ1) is 15.1. The van der Waals surface area contributed by atoms with Gasteiger partial charge < -0.3 is 13.8 Å². The molecule has 3 rings (SSSR count). The van der Waals surface area contributed by atoms with Crippen molar-refractivity contribution in [2.24, 2.45) is 0 Å². The van der Waals surface area contributed by atoms with Gasteiger partial charge in [-0.1, -0.05) is 5.16 Å². The summed E-state index contributed by atoms with van der Waals surface area (Å²) in [7, 11) is 2.00. The van der Waals surface area contributed by atoms with Gasteiger partial charge in [0.15, 0.2) is 5.82 Å². The first-order valence-corrected chi connectivity index (χ1v) is 7.64. The molecule has 22 heavy (non-hydrogen) atoms. The Morgan fingerprint density at radius 3 is 3.00 bits per heavy atom. The van der Waals surface area contributed by atoms with E-state index in [0.29, 0.717) is 30.8 Å². The first-order valence-electron chi connectivity index (χ1n) is 7.64. The lowest BCUT2D eigenvalue weighted by molar-refractivity contribution is 0.0835. The Labute approximate surface area is 129 Å². The van der Waals surface area contributed by atoms with Gasteiger partial charge in [-0.15, -0.1) is 10.2 Å².